The number of imidazole rings is 1. The topological polar surface area (TPSA) is 67.7 Å². The molecule has 2 heterocycles. The zero-order valence-electron chi connectivity index (χ0n) is 17.8. The zero-order chi connectivity index (χ0) is 21.7. The number of nitrogens with zero attached hydrogens (tertiary/aromatic N) is 4. The van der Waals surface area contributed by atoms with Gasteiger partial charge in [-0.1, -0.05) is 28.1 Å². The number of hydrogen-bond donors (Lipinski definition) is 0. The minimum absolute atomic E-state index is 0.118. The van der Waals surface area contributed by atoms with Crippen LogP contribution in [0.15, 0.2) is 35.1 Å². The van der Waals surface area contributed by atoms with Crippen LogP contribution in [0.4, 0.5) is 4.79 Å². The lowest BCUT2D eigenvalue weighted by Gasteiger charge is -2.32. The van der Waals surface area contributed by atoms with Gasteiger partial charge in [0.2, 0.25) is 0 Å². The first kappa shape index (κ1) is 20.9. The minimum atomic E-state index is -0.560. The van der Waals surface area contributed by atoms with Crippen LogP contribution < -0.4 is 0 Å². The van der Waals surface area contributed by atoms with Crippen molar-refractivity contribution in [3.05, 3.63) is 52.0 Å². The number of benzene rings is 1. The summed E-state index contributed by atoms with van der Waals surface area (Å²) in [7, 11) is 1.84. The van der Waals surface area contributed by atoms with Gasteiger partial charge in [0.1, 0.15) is 5.60 Å². The fourth-order valence-corrected chi connectivity index (χ4v) is 4.38. The van der Waals surface area contributed by atoms with Crippen molar-refractivity contribution in [2.45, 2.75) is 57.8 Å². The third-order valence-corrected chi connectivity index (χ3v) is 6.28. The summed E-state index contributed by atoms with van der Waals surface area (Å²) in [5.41, 5.74) is 1.43. The van der Waals surface area contributed by atoms with E-state index in [1.807, 2.05) is 49.4 Å². The van der Waals surface area contributed by atoms with Crippen molar-refractivity contribution in [3.63, 3.8) is 0 Å². The molecule has 30 heavy (non-hydrogen) atoms. The largest absolute Gasteiger partial charge is 0.444 e. The molecule has 1 aromatic heterocycles. The van der Waals surface area contributed by atoms with Crippen molar-refractivity contribution in [1.82, 2.24) is 19.4 Å². The number of carbonyl (C=O) groups excluding carboxylic acids is 2. The molecule has 160 valence electrons. The number of fused-ring (bicyclic) bond motifs is 1. The molecule has 8 heteroatoms. The highest BCUT2D eigenvalue weighted by Crippen LogP contribution is 2.51. The Bertz CT molecular complexity index is 991. The van der Waals surface area contributed by atoms with E-state index in [-0.39, 0.29) is 17.5 Å². The van der Waals surface area contributed by atoms with Gasteiger partial charge in [-0.05, 0) is 51.3 Å². The molecular weight excluding hydrogens is 448 g/mol. The van der Waals surface area contributed by atoms with E-state index in [0.717, 1.165) is 28.6 Å². The Morgan fingerprint density at radius 3 is 2.60 bits per heavy atom. The van der Waals surface area contributed by atoms with Crippen LogP contribution in [0.1, 0.15) is 55.4 Å². The SMILES string of the molecule is CN(C(=O)c1ncn2c1CN(C(=O)OC(C)(C)C)CC2)C1(c2cccc(Br)c2)CC1. The Morgan fingerprint density at radius 2 is 1.97 bits per heavy atom. The maximum Gasteiger partial charge on any atom is 0.410 e. The molecule has 2 aliphatic rings. The molecule has 0 N–H and O–H groups in total. The Kier molecular flexibility index (Phi) is 5.16. The van der Waals surface area contributed by atoms with Crippen molar-refractivity contribution >= 4 is 27.9 Å². The minimum Gasteiger partial charge on any atom is -0.444 e. The second-order valence-electron chi connectivity index (χ2n) is 9.04. The number of carbonyl (C=O) groups is 2. The standard InChI is InChI=1S/C22H27BrN4O3/c1-21(2,3)30-20(29)26-10-11-27-14-24-18(17(27)13-26)19(28)25(4)22(8-9-22)15-6-5-7-16(23)12-15/h5-7,12,14H,8-11,13H2,1-4H3. The average Bonchev–Trinajstić information content (AvgIpc) is 3.39. The van der Waals surface area contributed by atoms with Gasteiger partial charge in [-0.2, -0.15) is 0 Å². The maximum atomic E-state index is 13.4. The fraction of sp³-hybridized carbons (Fsp3) is 0.500. The highest BCUT2D eigenvalue weighted by molar-refractivity contribution is 9.10. The molecule has 0 atom stereocenters. The van der Waals surface area contributed by atoms with Gasteiger partial charge in [0, 0.05) is 24.6 Å². The molecular formula is C22H27BrN4O3. The first-order valence-corrected chi connectivity index (χ1v) is 11.0. The molecule has 1 fully saturated rings. The predicted molar refractivity (Wildman–Crippen MR) is 116 cm³/mol. The number of aromatic nitrogens is 2. The van der Waals surface area contributed by atoms with E-state index in [1.54, 1.807) is 11.2 Å². The Morgan fingerprint density at radius 1 is 1.23 bits per heavy atom. The lowest BCUT2D eigenvalue weighted by molar-refractivity contribution is 0.0197. The van der Waals surface area contributed by atoms with Crippen molar-refractivity contribution in [1.29, 1.82) is 0 Å². The molecule has 1 aliphatic carbocycles. The molecule has 7 nitrogen and oxygen atoms in total. The zero-order valence-corrected chi connectivity index (χ0v) is 19.4. The first-order chi connectivity index (χ1) is 14.1. The van der Waals surface area contributed by atoms with E-state index in [9.17, 15) is 9.59 Å². The summed E-state index contributed by atoms with van der Waals surface area (Å²) in [6, 6.07) is 8.12. The number of halogens is 1. The van der Waals surface area contributed by atoms with E-state index in [0.29, 0.717) is 25.3 Å². The van der Waals surface area contributed by atoms with E-state index < -0.39 is 5.60 Å². The number of rotatable bonds is 3. The summed E-state index contributed by atoms with van der Waals surface area (Å²) in [5.74, 6) is -0.118. The highest BCUT2D eigenvalue weighted by atomic mass is 79.9. The lowest BCUT2D eigenvalue weighted by Crippen LogP contribution is -2.42. The second-order valence-corrected chi connectivity index (χ2v) is 9.96. The molecule has 0 bridgehead atoms. The summed E-state index contributed by atoms with van der Waals surface area (Å²) in [4.78, 5) is 33.8. The van der Waals surface area contributed by atoms with Crippen LogP contribution in [0.3, 0.4) is 0 Å². The van der Waals surface area contributed by atoms with Crippen molar-refractivity contribution < 1.29 is 14.3 Å². The van der Waals surface area contributed by atoms with E-state index in [1.165, 1.54) is 0 Å². The Hall–Kier alpha value is -2.35. The normalized spacial score (nSPS) is 17.3. The van der Waals surface area contributed by atoms with Crippen LogP contribution in [0, 0.1) is 0 Å². The van der Waals surface area contributed by atoms with Gasteiger partial charge in [0.25, 0.3) is 5.91 Å². The molecule has 2 aromatic rings. The quantitative estimate of drug-likeness (QED) is 0.669. The summed E-state index contributed by atoms with van der Waals surface area (Å²) >= 11 is 3.53. The maximum absolute atomic E-state index is 13.4. The number of ether oxygens (including phenoxy) is 1. The molecule has 0 spiro atoms. The van der Waals surface area contributed by atoms with Crippen LogP contribution in [-0.2, 0) is 23.4 Å². The van der Waals surface area contributed by atoms with E-state index in [2.05, 4.69) is 33.0 Å². The average molecular weight is 475 g/mol. The summed E-state index contributed by atoms with van der Waals surface area (Å²) in [6.07, 6.45) is 3.17. The molecule has 2 amide bonds. The van der Waals surface area contributed by atoms with Gasteiger partial charge in [0.05, 0.1) is 24.1 Å². The number of amides is 2. The van der Waals surface area contributed by atoms with Gasteiger partial charge in [-0.3, -0.25) is 4.79 Å². The summed E-state index contributed by atoms with van der Waals surface area (Å²) < 4.78 is 8.47. The van der Waals surface area contributed by atoms with Gasteiger partial charge in [-0.15, -0.1) is 0 Å². The monoisotopic (exact) mass is 474 g/mol. The molecule has 1 saturated carbocycles. The van der Waals surface area contributed by atoms with Crippen LogP contribution in [-0.4, -0.2) is 50.5 Å². The fourth-order valence-electron chi connectivity index (χ4n) is 3.98. The van der Waals surface area contributed by atoms with Crippen molar-refractivity contribution in [3.8, 4) is 0 Å². The third-order valence-electron chi connectivity index (χ3n) is 5.78. The molecule has 4 rings (SSSR count). The van der Waals surface area contributed by atoms with E-state index in [4.69, 9.17) is 4.74 Å². The van der Waals surface area contributed by atoms with Crippen LogP contribution in [0.5, 0.6) is 0 Å². The predicted octanol–water partition coefficient (Wildman–Crippen LogP) is 4.16. The first-order valence-electron chi connectivity index (χ1n) is 10.2. The van der Waals surface area contributed by atoms with Gasteiger partial charge in [-0.25, -0.2) is 9.78 Å². The van der Waals surface area contributed by atoms with Crippen LogP contribution in [0.2, 0.25) is 0 Å². The lowest BCUT2D eigenvalue weighted by atomic mass is 10.0. The Balaban J connectivity index is 1.56. The van der Waals surface area contributed by atoms with Crippen molar-refractivity contribution in [2.24, 2.45) is 0 Å². The molecule has 0 radical (unpaired) electrons. The smallest absolute Gasteiger partial charge is 0.410 e. The molecule has 1 aromatic carbocycles. The summed E-state index contributed by atoms with van der Waals surface area (Å²) in [6.45, 7) is 6.98. The Labute approximate surface area is 185 Å². The molecule has 0 saturated heterocycles. The van der Waals surface area contributed by atoms with E-state index >= 15 is 0 Å². The highest BCUT2D eigenvalue weighted by Gasteiger charge is 2.50. The van der Waals surface area contributed by atoms with Crippen LogP contribution >= 0.6 is 15.9 Å². The molecule has 1 aliphatic heterocycles. The van der Waals surface area contributed by atoms with Gasteiger partial charge >= 0.3 is 6.09 Å². The number of hydrogen-bond acceptors (Lipinski definition) is 4. The van der Waals surface area contributed by atoms with Gasteiger partial charge in [0.15, 0.2) is 5.69 Å². The second kappa shape index (κ2) is 7.41. The van der Waals surface area contributed by atoms with Crippen molar-refractivity contribution in [2.75, 3.05) is 13.6 Å². The van der Waals surface area contributed by atoms with Gasteiger partial charge < -0.3 is 19.1 Å². The van der Waals surface area contributed by atoms with Crippen LogP contribution in [0.25, 0.3) is 0 Å². The molecule has 0 unspecified atom stereocenters. The summed E-state index contributed by atoms with van der Waals surface area (Å²) in [5, 5.41) is 0. The third kappa shape index (κ3) is 3.85.